The van der Waals surface area contributed by atoms with Crippen LogP contribution in [0.1, 0.15) is 30.4 Å². The van der Waals surface area contributed by atoms with Crippen molar-refractivity contribution in [3.05, 3.63) is 22.1 Å². The number of hydrogen-bond donors (Lipinski definition) is 2. The average Bonchev–Trinajstić information content (AvgIpc) is 2.31. The number of rotatable bonds is 2. The number of nitrogens with one attached hydrogen (secondary N) is 1. The van der Waals surface area contributed by atoms with E-state index in [-0.39, 0.29) is 17.3 Å². The molecule has 1 aromatic rings. The molecule has 66 valence electrons. The van der Waals surface area contributed by atoms with Crippen LogP contribution in [-0.2, 0) is 0 Å². The Morgan fingerprint density at radius 1 is 1.67 bits per heavy atom. The number of H-pyrrole nitrogens is 1. The van der Waals surface area contributed by atoms with Crippen LogP contribution in [0.2, 0.25) is 0 Å². The number of aromatic amines is 1. The van der Waals surface area contributed by atoms with Gasteiger partial charge in [-0.2, -0.15) is 0 Å². The Labute approximate surface area is 68.6 Å². The predicted molar refractivity (Wildman–Crippen MR) is 42.4 cm³/mol. The lowest BCUT2D eigenvalue weighted by Crippen LogP contribution is -2.12. The van der Waals surface area contributed by atoms with Gasteiger partial charge in [-0.15, -0.1) is 0 Å². The molecule has 0 aliphatic heterocycles. The lowest BCUT2D eigenvalue weighted by Gasteiger charge is -2.07. The minimum Gasteiger partial charge on any atom is -0.477 e. The summed E-state index contributed by atoms with van der Waals surface area (Å²) >= 11 is 0. The van der Waals surface area contributed by atoms with Crippen LogP contribution in [0.25, 0.3) is 0 Å². The van der Waals surface area contributed by atoms with Gasteiger partial charge in [-0.1, -0.05) is 0 Å². The van der Waals surface area contributed by atoms with Crippen molar-refractivity contribution in [1.29, 1.82) is 0 Å². The molecule has 0 saturated carbocycles. The fraction of sp³-hybridized carbons (Fsp3) is 0.429. The minimum atomic E-state index is -1.10. The summed E-state index contributed by atoms with van der Waals surface area (Å²) in [6.07, 6.45) is 0. The highest BCUT2D eigenvalue weighted by Gasteiger charge is 2.13. The first-order valence-electron chi connectivity index (χ1n) is 3.57. The Balaban J connectivity index is 3.26. The van der Waals surface area contributed by atoms with Gasteiger partial charge in [0.05, 0.1) is 0 Å². The molecular weight excluding hydrogens is 160 g/mol. The minimum absolute atomic E-state index is 0.00463. The summed E-state index contributed by atoms with van der Waals surface area (Å²) in [4.78, 5) is 21.3. The van der Waals surface area contributed by atoms with Gasteiger partial charge in [-0.05, 0) is 13.8 Å². The van der Waals surface area contributed by atoms with Gasteiger partial charge in [-0.3, -0.25) is 14.6 Å². The molecule has 0 spiro atoms. The molecule has 5 heteroatoms. The second-order valence-electron chi connectivity index (χ2n) is 2.77. The van der Waals surface area contributed by atoms with E-state index in [1.807, 2.05) is 0 Å². The van der Waals surface area contributed by atoms with Crippen molar-refractivity contribution in [1.82, 2.24) is 9.78 Å². The fourth-order valence-electron chi connectivity index (χ4n) is 0.977. The number of aromatic nitrogens is 2. The molecule has 0 aliphatic rings. The third-order valence-corrected chi connectivity index (χ3v) is 1.49. The van der Waals surface area contributed by atoms with Gasteiger partial charge in [0, 0.05) is 12.1 Å². The highest BCUT2D eigenvalue weighted by Crippen LogP contribution is 2.04. The molecule has 0 fully saturated rings. The van der Waals surface area contributed by atoms with Gasteiger partial charge >= 0.3 is 5.97 Å². The number of carboxylic acids is 1. The van der Waals surface area contributed by atoms with Gasteiger partial charge in [0.1, 0.15) is 5.69 Å². The van der Waals surface area contributed by atoms with Crippen molar-refractivity contribution < 1.29 is 9.90 Å². The zero-order chi connectivity index (χ0) is 9.30. The topological polar surface area (TPSA) is 75.1 Å². The number of aromatic carboxylic acids is 1. The molecule has 1 heterocycles. The summed E-state index contributed by atoms with van der Waals surface area (Å²) in [7, 11) is 0. The van der Waals surface area contributed by atoms with E-state index in [4.69, 9.17) is 5.11 Å². The molecule has 0 aliphatic carbocycles. The standard InChI is InChI=1S/C7H10N2O3/c1-4(2)9-5(7(11)12)3-6(10)8-9/h3-4H,1-2H3,(H,8,10)(H,11,12). The van der Waals surface area contributed by atoms with E-state index in [1.165, 1.54) is 4.68 Å². The Morgan fingerprint density at radius 2 is 2.25 bits per heavy atom. The van der Waals surface area contributed by atoms with Gasteiger partial charge < -0.3 is 5.11 Å². The number of carboxylic acid groups (broad SMARTS) is 1. The highest BCUT2D eigenvalue weighted by atomic mass is 16.4. The monoisotopic (exact) mass is 170 g/mol. The fourth-order valence-corrected chi connectivity index (χ4v) is 0.977. The van der Waals surface area contributed by atoms with Gasteiger partial charge in [0.15, 0.2) is 0 Å². The van der Waals surface area contributed by atoms with Crippen molar-refractivity contribution in [3.8, 4) is 0 Å². The zero-order valence-electron chi connectivity index (χ0n) is 6.87. The van der Waals surface area contributed by atoms with E-state index in [1.54, 1.807) is 13.8 Å². The molecule has 2 N–H and O–H groups in total. The van der Waals surface area contributed by atoms with Gasteiger partial charge in [0.2, 0.25) is 0 Å². The smallest absolute Gasteiger partial charge is 0.354 e. The molecule has 1 aromatic heterocycles. The van der Waals surface area contributed by atoms with Crippen LogP contribution in [0.3, 0.4) is 0 Å². The third kappa shape index (κ3) is 1.39. The second-order valence-corrected chi connectivity index (χ2v) is 2.77. The van der Waals surface area contributed by atoms with E-state index in [2.05, 4.69) is 5.10 Å². The molecule has 0 atom stereocenters. The third-order valence-electron chi connectivity index (χ3n) is 1.49. The van der Waals surface area contributed by atoms with E-state index in [0.717, 1.165) is 6.07 Å². The van der Waals surface area contributed by atoms with Crippen LogP contribution in [0.4, 0.5) is 0 Å². The van der Waals surface area contributed by atoms with Crippen LogP contribution < -0.4 is 5.56 Å². The quantitative estimate of drug-likeness (QED) is 0.676. The summed E-state index contributed by atoms with van der Waals surface area (Å²) in [6.45, 7) is 3.59. The van der Waals surface area contributed by atoms with E-state index in [9.17, 15) is 9.59 Å². The summed E-state index contributed by atoms with van der Waals surface area (Å²) in [6, 6.07) is 1.02. The molecule has 0 radical (unpaired) electrons. The van der Waals surface area contributed by atoms with Crippen LogP contribution in [0.15, 0.2) is 10.9 Å². The molecule has 1 rings (SSSR count). The first-order chi connectivity index (χ1) is 5.52. The molecule has 0 bridgehead atoms. The predicted octanol–water partition coefficient (Wildman–Crippen LogP) is 0.456. The summed E-state index contributed by atoms with van der Waals surface area (Å²) in [5, 5.41) is 11.1. The molecular formula is C7H10N2O3. The van der Waals surface area contributed by atoms with E-state index >= 15 is 0 Å². The van der Waals surface area contributed by atoms with Crippen molar-refractivity contribution in [3.63, 3.8) is 0 Å². The SMILES string of the molecule is CC(C)n1[nH]c(=O)cc1C(=O)O. The number of hydrogen-bond acceptors (Lipinski definition) is 2. The largest absolute Gasteiger partial charge is 0.477 e. The molecule has 0 aromatic carbocycles. The van der Waals surface area contributed by atoms with Crippen molar-refractivity contribution in [2.24, 2.45) is 0 Å². The van der Waals surface area contributed by atoms with Crippen molar-refractivity contribution in [2.75, 3.05) is 0 Å². The van der Waals surface area contributed by atoms with Crippen LogP contribution in [0, 0.1) is 0 Å². The van der Waals surface area contributed by atoms with Crippen LogP contribution in [-0.4, -0.2) is 20.9 Å². The van der Waals surface area contributed by atoms with Crippen LogP contribution in [0.5, 0.6) is 0 Å². The van der Waals surface area contributed by atoms with Crippen molar-refractivity contribution >= 4 is 5.97 Å². The maximum Gasteiger partial charge on any atom is 0.354 e. The number of nitrogens with zero attached hydrogens (tertiary/aromatic N) is 1. The lowest BCUT2D eigenvalue weighted by molar-refractivity contribution is 0.0681. The molecule has 5 nitrogen and oxygen atoms in total. The Morgan fingerprint density at radius 3 is 2.58 bits per heavy atom. The van der Waals surface area contributed by atoms with Gasteiger partial charge in [-0.25, -0.2) is 4.79 Å². The van der Waals surface area contributed by atoms with Crippen molar-refractivity contribution in [2.45, 2.75) is 19.9 Å². The first-order valence-corrected chi connectivity index (χ1v) is 3.57. The maximum atomic E-state index is 10.8. The second kappa shape index (κ2) is 2.84. The highest BCUT2D eigenvalue weighted by molar-refractivity contribution is 5.85. The Hall–Kier alpha value is -1.52. The van der Waals surface area contributed by atoms with Gasteiger partial charge in [0.25, 0.3) is 5.56 Å². The van der Waals surface area contributed by atoms with E-state index in [0.29, 0.717) is 0 Å². The first kappa shape index (κ1) is 8.58. The summed E-state index contributed by atoms with van der Waals surface area (Å²) in [5.74, 6) is -1.10. The molecule has 0 unspecified atom stereocenters. The molecule has 0 amide bonds. The zero-order valence-corrected chi connectivity index (χ0v) is 6.87. The van der Waals surface area contributed by atoms with Crippen LogP contribution >= 0.6 is 0 Å². The number of carbonyl (C=O) groups is 1. The summed E-state index contributed by atoms with van der Waals surface area (Å²) in [5.41, 5.74) is -0.392. The normalized spacial score (nSPS) is 10.6. The van der Waals surface area contributed by atoms with E-state index < -0.39 is 5.97 Å². The Bertz CT molecular complexity index is 348. The Kier molecular flexibility index (Phi) is 2.03. The molecule has 12 heavy (non-hydrogen) atoms. The lowest BCUT2D eigenvalue weighted by atomic mass is 10.3. The summed E-state index contributed by atoms with van der Waals surface area (Å²) < 4.78 is 1.32. The molecule has 0 saturated heterocycles. The maximum absolute atomic E-state index is 10.8. The average molecular weight is 170 g/mol.